The topological polar surface area (TPSA) is 93.4 Å². The second-order valence-corrected chi connectivity index (χ2v) is 7.55. The lowest BCUT2D eigenvalue weighted by molar-refractivity contribution is -0.137. The average Bonchev–Trinajstić information content (AvgIpc) is 2.77. The minimum absolute atomic E-state index is 0.0831. The fourth-order valence-electron chi connectivity index (χ4n) is 3.13. The Labute approximate surface area is 196 Å². The summed E-state index contributed by atoms with van der Waals surface area (Å²) >= 11 is 0. The van der Waals surface area contributed by atoms with Crippen LogP contribution in [0.25, 0.3) is 0 Å². The van der Waals surface area contributed by atoms with Gasteiger partial charge in [-0.15, -0.1) is 0 Å². The molecule has 0 bridgehead atoms. The molecular weight excluding hydrogens is 473 g/mol. The maximum Gasteiger partial charge on any atom is 0.416 e. The van der Waals surface area contributed by atoms with Gasteiger partial charge in [0, 0.05) is 17.8 Å². The number of hydrogen-bond donors (Lipinski definition) is 3. The second kappa shape index (κ2) is 10.5. The summed E-state index contributed by atoms with van der Waals surface area (Å²) in [6, 6.07) is 9.49. The number of alkyl halides is 3. The molecule has 0 heterocycles. The van der Waals surface area contributed by atoms with E-state index < -0.39 is 40.8 Å². The van der Waals surface area contributed by atoms with Crippen molar-refractivity contribution in [2.75, 3.05) is 11.9 Å². The lowest BCUT2D eigenvalue weighted by atomic mass is 10.1. The highest BCUT2D eigenvalue weighted by molar-refractivity contribution is 6.06. The Bertz CT molecular complexity index is 1260. The molecule has 0 atom stereocenters. The number of halogens is 5. The van der Waals surface area contributed by atoms with Gasteiger partial charge in [-0.2, -0.15) is 13.2 Å². The van der Waals surface area contributed by atoms with Gasteiger partial charge in [0.15, 0.2) is 0 Å². The zero-order chi connectivity index (χ0) is 25.8. The van der Waals surface area contributed by atoms with Crippen molar-refractivity contribution in [2.45, 2.75) is 19.6 Å². The van der Waals surface area contributed by atoms with E-state index >= 15 is 0 Å². The number of amides is 2. The van der Waals surface area contributed by atoms with Gasteiger partial charge < -0.3 is 21.1 Å². The fraction of sp³-hybridized carbons (Fsp3) is 0.167. The molecule has 0 aliphatic rings. The van der Waals surface area contributed by atoms with Gasteiger partial charge in [0.05, 0.1) is 17.7 Å². The number of primary amides is 1. The van der Waals surface area contributed by atoms with Crippen LogP contribution in [-0.4, -0.2) is 18.4 Å². The van der Waals surface area contributed by atoms with Crippen LogP contribution in [0, 0.1) is 18.6 Å². The number of rotatable bonds is 8. The summed E-state index contributed by atoms with van der Waals surface area (Å²) < 4.78 is 73.0. The van der Waals surface area contributed by atoms with E-state index in [1.807, 2.05) is 0 Å². The quantitative estimate of drug-likeness (QED) is 0.389. The Balaban J connectivity index is 1.91. The third-order valence-corrected chi connectivity index (χ3v) is 4.83. The molecule has 0 radical (unpaired) electrons. The van der Waals surface area contributed by atoms with Crippen molar-refractivity contribution in [3.8, 4) is 11.5 Å². The van der Waals surface area contributed by atoms with Crippen molar-refractivity contribution >= 4 is 17.5 Å². The molecule has 0 aliphatic carbocycles. The van der Waals surface area contributed by atoms with E-state index in [9.17, 15) is 31.5 Å². The zero-order valence-corrected chi connectivity index (χ0v) is 18.3. The molecule has 0 spiro atoms. The van der Waals surface area contributed by atoms with E-state index in [-0.39, 0.29) is 35.8 Å². The van der Waals surface area contributed by atoms with Gasteiger partial charge in [-0.3, -0.25) is 9.59 Å². The molecule has 0 saturated carbocycles. The highest BCUT2D eigenvalue weighted by atomic mass is 19.4. The molecular formula is C24H20F5N3O3. The van der Waals surface area contributed by atoms with Crippen LogP contribution < -0.4 is 21.1 Å². The first kappa shape index (κ1) is 25.6. The first-order valence-corrected chi connectivity index (χ1v) is 10.2. The maximum atomic E-state index is 14.1. The molecule has 2 amide bonds. The normalized spacial score (nSPS) is 11.3. The van der Waals surface area contributed by atoms with Crippen molar-refractivity contribution in [1.82, 2.24) is 5.32 Å². The first-order valence-electron chi connectivity index (χ1n) is 10.2. The standard InChI is InChI=1S/C24H20F5N3O3/c1-13-8-16(25)3-7-20(13)35-21-6-2-15(24(27,28)29)10-18(21)23(34)32-17-4-5-19(26)14(9-17)11-31-12-22(30)33/h2-10,31H,11-12H2,1H3,(H2,30,33)(H,32,34). The van der Waals surface area contributed by atoms with Gasteiger partial charge >= 0.3 is 6.18 Å². The van der Waals surface area contributed by atoms with Crippen molar-refractivity contribution in [3.63, 3.8) is 0 Å². The van der Waals surface area contributed by atoms with Crippen LogP contribution in [0.15, 0.2) is 54.6 Å². The van der Waals surface area contributed by atoms with Gasteiger partial charge in [-0.25, -0.2) is 8.78 Å². The number of aryl methyl sites for hydroxylation is 1. The van der Waals surface area contributed by atoms with Crippen molar-refractivity contribution in [1.29, 1.82) is 0 Å². The number of anilines is 1. The van der Waals surface area contributed by atoms with E-state index in [1.165, 1.54) is 31.2 Å². The molecule has 0 aliphatic heterocycles. The summed E-state index contributed by atoms with van der Waals surface area (Å²) in [5.41, 5.74) is 4.04. The Morgan fingerprint density at radius 1 is 0.971 bits per heavy atom. The smallest absolute Gasteiger partial charge is 0.416 e. The molecule has 3 aromatic rings. The monoisotopic (exact) mass is 493 g/mol. The summed E-state index contributed by atoms with van der Waals surface area (Å²) in [5, 5.41) is 5.05. The van der Waals surface area contributed by atoms with Crippen LogP contribution >= 0.6 is 0 Å². The molecule has 0 saturated heterocycles. The summed E-state index contributed by atoms with van der Waals surface area (Å²) in [6.45, 7) is 1.25. The number of benzene rings is 3. The predicted octanol–water partition coefficient (Wildman–Crippen LogP) is 4.91. The number of carbonyl (C=O) groups is 2. The first-order chi connectivity index (χ1) is 16.4. The number of nitrogens with two attached hydrogens (primary N) is 1. The van der Waals surface area contributed by atoms with Crippen LogP contribution in [0.3, 0.4) is 0 Å². The maximum absolute atomic E-state index is 14.1. The molecule has 184 valence electrons. The highest BCUT2D eigenvalue weighted by Crippen LogP contribution is 2.35. The summed E-state index contributed by atoms with van der Waals surface area (Å²) in [7, 11) is 0. The molecule has 0 fully saturated rings. The molecule has 3 rings (SSSR count). The van der Waals surface area contributed by atoms with Gasteiger partial charge in [-0.05, 0) is 67.1 Å². The van der Waals surface area contributed by atoms with Gasteiger partial charge in [0.1, 0.15) is 23.1 Å². The largest absolute Gasteiger partial charge is 0.456 e. The minimum Gasteiger partial charge on any atom is -0.456 e. The minimum atomic E-state index is -4.73. The van der Waals surface area contributed by atoms with Gasteiger partial charge in [-0.1, -0.05) is 0 Å². The van der Waals surface area contributed by atoms with Crippen molar-refractivity contribution in [2.24, 2.45) is 5.73 Å². The Morgan fingerprint density at radius 3 is 2.34 bits per heavy atom. The van der Waals surface area contributed by atoms with E-state index in [0.29, 0.717) is 11.6 Å². The zero-order valence-electron chi connectivity index (χ0n) is 18.3. The average molecular weight is 493 g/mol. The number of nitrogens with one attached hydrogen (secondary N) is 2. The van der Waals surface area contributed by atoms with Crippen molar-refractivity contribution < 1.29 is 36.3 Å². The summed E-state index contributed by atoms with van der Waals surface area (Å²) in [4.78, 5) is 23.8. The molecule has 35 heavy (non-hydrogen) atoms. The number of hydrogen-bond acceptors (Lipinski definition) is 4. The Kier molecular flexibility index (Phi) is 7.70. The SMILES string of the molecule is Cc1cc(F)ccc1Oc1ccc(C(F)(F)F)cc1C(=O)Nc1ccc(F)c(CNCC(N)=O)c1. The molecule has 3 aromatic carbocycles. The van der Waals surface area contributed by atoms with E-state index in [1.54, 1.807) is 0 Å². The molecule has 0 aromatic heterocycles. The number of carbonyl (C=O) groups excluding carboxylic acids is 2. The summed E-state index contributed by atoms with van der Waals surface area (Å²) in [5.74, 6) is -2.81. The molecule has 6 nitrogen and oxygen atoms in total. The lowest BCUT2D eigenvalue weighted by Crippen LogP contribution is -2.28. The predicted molar refractivity (Wildman–Crippen MR) is 118 cm³/mol. The van der Waals surface area contributed by atoms with Gasteiger partial charge in [0.2, 0.25) is 5.91 Å². The highest BCUT2D eigenvalue weighted by Gasteiger charge is 2.32. The van der Waals surface area contributed by atoms with Crippen LogP contribution in [-0.2, 0) is 17.5 Å². The third kappa shape index (κ3) is 6.76. The summed E-state index contributed by atoms with van der Waals surface area (Å²) in [6.07, 6.45) is -4.73. The van der Waals surface area contributed by atoms with Crippen molar-refractivity contribution in [3.05, 3.63) is 88.5 Å². The van der Waals surface area contributed by atoms with Crippen LogP contribution in [0.2, 0.25) is 0 Å². The number of ether oxygens (including phenoxy) is 1. The Morgan fingerprint density at radius 2 is 1.69 bits per heavy atom. The van der Waals surface area contributed by atoms with E-state index in [2.05, 4.69) is 10.6 Å². The third-order valence-electron chi connectivity index (χ3n) is 4.83. The van der Waals surface area contributed by atoms with Crippen LogP contribution in [0.4, 0.5) is 27.6 Å². The molecule has 4 N–H and O–H groups in total. The van der Waals surface area contributed by atoms with E-state index in [4.69, 9.17) is 10.5 Å². The van der Waals surface area contributed by atoms with Crippen LogP contribution in [0.1, 0.15) is 27.0 Å². The second-order valence-electron chi connectivity index (χ2n) is 7.55. The lowest BCUT2D eigenvalue weighted by Gasteiger charge is -2.16. The van der Waals surface area contributed by atoms with Gasteiger partial charge in [0.25, 0.3) is 5.91 Å². The fourth-order valence-corrected chi connectivity index (χ4v) is 3.13. The Hall–Kier alpha value is -3.99. The molecule has 11 heteroatoms. The molecule has 0 unspecified atom stereocenters. The van der Waals surface area contributed by atoms with Crippen LogP contribution in [0.5, 0.6) is 11.5 Å². The van der Waals surface area contributed by atoms with E-state index in [0.717, 1.165) is 24.3 Å².